The summed E-state index contributed by atoms with van der Waals surface area (Å²) >= 11 is 0. The lowest BCUT2D eigenvalue weighted by molar-refractivity contribution is -0.192. The first kappa shape index (κ1) is 28.2. The number of aliphatic carboxylic acids is 1. The van der Waals surface area contributed by atoms with E-state index >= 15 is 0 Å². The number of hydrogen-bond acceptors (Lipinski definition) is 4. The van der Waals surface area contributed by atoms with Gasteiger partial charge in [0, 0.05) is 18.2 Å². The average Bonchev–Trinajstić information content (AvgIpc) is 2.77. The Balaban J connectivity index is 0.000000540. The lowest BCUT2D eigenvalue weighted by atomic mass is 9.75. The number of primary amides is 1. The van der Waals surface area contributed by atoms with Gasteiger partial charge in [-0.05, 0) is 79.0 Å². The van der Waals surface area contributed by atoms with Crippen molar-refractivity contribution in [1.82, 2.24) is 5.32 Å². The van der Waals surface area contributed by atoms with Gasteiger partial charge in [0.15, 0.2) is 0 Å². The van der Waals surface area contributed by atoms with Gasteiger partial charge >= 0.3 is 12.1 Å². The third-order valence-electron chi connectivity index (χ3n) is 6.04. The summed E-state index contributed by atoms with van der Waals surface area (Å²) in [6.45, 7) is 8.31. The lowest BCUT2D eigenvalue weighted by Crippen LogP contribution is -2.37. The molecular formula is C26H33F3N2O4. The number of halogens is 3. The molecule has 0 unspecified atom stereocenters. The summed E-state index contributed by atoms with van der Waals surface area (Å²) in [7, 11) is 0. The first-order chi connectivity index (χ1) is 16.3. The average molecular weight is 495 g/mol. The van der Waals surface area contributed by atoms with Crippen LogP contribution in [0.3, 0.4) is 0 Å². The number of nitrogens with one attached hydrogen (secondary N) is 1. The molecule has 1 saturated carbocycles. The van der Waals surface area contributed by atoms with Crippen LogP contribution in [0.1, 0.15) is 55.5 Å². The molecular weight excluding hydrogens is 461 g/mol. The fourth-order valence-corrected chi connectivity index (χ4v) is 3.93. The number of carbonyl (C=O) groups is 2. The highest BCUT2D eigenvalue weighted by Gasteiger charge is 2.38. The van der Waals surface area contributed by atoms with Gasteiger partial charge in [-0.1, -0.05) is 32.0 Å². The van der Waals surface area contributed by atoms with E-state index in [-0.39, 0.29) is 0 Å². The smallest absolute Gasteiger partial charge is 0.490 e. The number of aryl methyl sites for hydroxylation is 1. The van der Waals surface area contributed by atoms with E-state index in [1.54, 1.807) is 6.07 Å². The Labute approximate surface area is 203 Å². The van der Waals surface area contributed by atoms with E-state index in [9.17, 15) is 18.0 Å². The van der Waals surface area contributed by atoms with Gasteiger partial charge in [-0.25, -0.2) is 4.79 Å². The van der Waals surface area contributed by atoms with E-state index in [0.717, 1.165) is 29.0 Å². The SMILES string of the molecule is Cc1cc(OCCNC2CCC(C)(C)CC2)ccc1-c1cccc(C(N)=O)c1.O=C(O)C(F)(F)F. The summed E-state index contributed by atoms with van der Waals surface area (Å²) in [6.07, 6.45) is 0.0165. The Morgan fingerprint density at radius 2 is 1.77 bits per heavy atom. The zero-order valence-electron chi connectivity index (χ0n) is 20.2. The second-order valence-electron chi connectivity index (χ2n) is 9.47. The molecule has 1 amide bonds. The van der Waals surface area contributed by atoms with E-state index in [2.05, 4.69) is 32.2 Å². The topological polar surface area (TPSA) is 102 Å². The fourth-order valence-electron chi connectivity index (χ4n) is 3.93. The Hall–Kier alpha value is -3.07. The molecule has 3 rings (SSSR count). The zero-order chi connectivity index (χ0) is 26.2. The second kappa shape index (κ2) is 12.1. The highest BCUT2D eigenvalue weighted by molar-refractivity contribution is 5.94. The van der Waals surface area contributed by atoms with Crippen molar-refractivity contribution >= 4 is 11.9 Å². The number of nitrogens with two attached hydrogens (primary N) is 1. The molecule has 0 radical (unpaired) electrons. The molecule has 0 atom stereocenters. The minimum atomic E-state index is -5.08. The molecule has 0 heterocycles. The van der Waals surface area contributed by atoms with Crippen LogP contribution in [0, 0.1) is 12.3 Å². The predicted molar refractivity (Wildman–Crippen MR) is 128 cm³/mol. The standard InChI is InChI=1S/C24H32N2O2.C2HF3O2/c1-17-15-21(28-14-13-26-20-9-11-24(2,3)12-10-20)7-8-22(17)18-5-4-6-19(16-18)23(25)27;3-2(4,5)1(6)7/h4-8,15-16,20,26H,9-14H2,1-3H3,(H2,25,27);(H,6,7). The van der Waals surface area contributed by atoms with Gasteiger partial charge in [0.05, 0.1) is 0 Å². The summed E-state index contributed by atoms with van der Waals surface area (Å²) in [5, 5.41) is 10.8. The molecule has 2 aromatic carbocycles. The van der Waals surface area contributed by atoms with Crippen LogP contribution in [0.5, 0.6) is 5.75 Å². The molecule has 2 aromatic rings. The van der Waals surface area contributed by atoms with Crippen molar-refractivity contribution < 1.29 is 32.6 Å². The van der Waals surface area contributed by atoms with Gasteiger partial charge in [0.1, 0.15) is 12.4 Å². The van der Waals surface area contributed by atoms with Crippen LogP contribution in [-0.4, -0.2) is 42.4 Å². The maximum absolute atomic E-state index is 11.4. The Morgan fingerprint density at radius 1 is 1.14 bits per heavy atom. The first-order valence-electron chi connectivity index (χ1n) is 11.5. The van der Waals surface area contributed by atoms with Crippen LogP contribution in [0.2, 0.25) is 0 Å². The fraction of sp³-hybridized carbons (Fsp3) is 0.462. The first-order valence-corrected chi connectivity index (χ1v) is 11.5. The molecule has 1 aliphatic carbocycles. The number of carbonyl (C=O) groups excluding carboxylic acids is 1. The Kier molecular flexibility index (Phi) is 9.71. The highest BCUT2D eigenvalue weighted by Crippen LogP contribution is 2.35. The molecule has 1 aliphatic rings. The number of carboxylic acids is 1. The summed E-state index contributed by atoms with van der Waals surface area (Å²) in [5.41, 5.74) is 9.60. The van der Waals surface area contributed by atoms with Crippen LogP contribution in [-0.2, 0) is 4.79 Å². The molecule has 0 spiro atoms. The molecule has 0 saturated heterocycles. The van der Waals surface area contributed by atoms with Gasteiger partial charge in [-0.15, -0.1) is 0 Å². The largest absolute Gasteiger partial charge is 0.492 e. The van der Waals surface area contributed by atoms with Crippen molar-refractivity contribution in [3.63, 3.8) is 0 Å². The van der Waals surface area contributed by atoms with Crippen LogP contribution >= 0.6 is 0 Å². The van der Waals surface area contributed by atoms with Crippen molar-refractivity contribution in [2.45, 2.75) is 58.7 Å². The number of benzene rings is 2. The Bertz CT molecular complexity index is 1010. The monoisotopic (exact) mass is 494 g/mol. The number of amides is 1. The summed E-state index contributed by atoms with van der Waals surface area (Å²) in [5.74, 6) is -2.29. The van der Waals surface area contributed by atoms with Crippen molar-refractivity contribution in [2.24, 2.45) is 11.1 Å². The third-order valence-corrected chi connectivity index (χ3v) is 6.04. The minimum absolute atomic E-state index is 0.409. The predicted octanol–water partition coefficient (Wildman–Crippen LogP) is 5.33. The lowest BCUT2D eigenvalue weighted by Gasteiger charge is -2.34. The van der Waals surface area contributed by atoms with Gasteiger partial charge < -0.3 is 20.9 Å². The van der Waals surface area contributed by atoms with E-state index in [1.807, 2.05) is 30.3 Å². The van der Waals surface area contributed by atoms with Crippen molar-refractivity contribution in [1.29, 1.82) is 0 Å². The van der Waals surface area contributed by atoms with Crippen LogP contribution in [0.25, 0.3) is 11.1 Å². The molecule has 1 fully saturated rings. The third kappa shape index (κ3) is 9.24. The maximum Gasteiger partial charge on any atom is 0.490 e. The van der Waals surface area contributed by atoms with Crippen molar-refractivity contribution in [3.8, 4) is 16.9 Å². The van der Waals surface area contributed by atoms with Crippen LogP contribution < -0.4 is 15.8 Å². The molecule has 0 aromatic heterocycles. The molecule has 9 heteroatoms. The number of ether oxygens (including phenoxy) is 1. The minimum Gasteiger partial charge on any atom is -0.492 e. The molecule has 6 nitrogen and oxygen atoms in total. The van der Waals surface area contributed by atoms with Crippen molar-refractivity contribution in [2.75, 3.05) is 13.2 Å². The summed E-state index contributed by atoms with van der Waals surface area (Å²) in [4.78, 5) is 20.3. The normalized spacial score (nSPS) is 15.6. The van der Waals surface area contributed by atoms with Gasteiger partial charge in [0.2, 0.25) is 5.91 Å². The number of hydrogen-bond donors (Lipinski definition) is 3. The van der Waals surface area contributed by atoms with Crippen LogP contribution in [0.4, 0.5) is 13.2 Å². The quantitative estimate of drug-likeness (QED) is 0.452. The van der Waals surface area contributed by atoms with E-state index in [4.69, 9.17) is 20.4 Å². The van der Waals surface area contributed by atoms with E-state index in [1.165, 1.54) is 25.7 Å². The van der Waals surface area contributed by atoms with Crippen molar-refractivity contribution in [3.05, 3.63) is 53.6 Å². The van der Waals surface area contributed by atoms with Gasteiger partial charge in [-0.2, -0.15) is 13.2 Å². The molecule has 35 heavy (non-hydrogen) atoms. The molecule has 192 valence electrons. The molecule has 0 aliphatic heterocycles. The van der Waals surface area contributed by atoms with Gasteiger partial charge in [0.25, 0.3) is 0 Å². The highest BCUT2D eigenvalue weighted by atomic mass is 19.4. The summed E-state index contributed by atoms with van der Waals surface area (Å²) < 4.78 is 37.7. The Morgan fingerprint density at radius 3 is 2.31 bits per heavy atom. The number of alkyl halides is 3. The maximum atomic E-state index is 11.4. The van der Waals surface area contributed by atoms with Gasteiger partial charge in [-0.3, -0.25) is 4.79 Å². The van der Waals surface area contributed by atoms with E-state index in [0.29, 0.717) is 23.6 Å². The number of rotatable bonds is 7. The number of carboxylic acid groups (broad SMARTS) is 1. The van der Waals surface area contributed by atoms with Crippen LogP contribution in [0.15, 0.2) is 42.5 Å². The second-order valence-corrected chi connectivity index (χ2v) is 9.47. The van der Waals surface area contributed by atoms with E-state index < -0.39 is 18.1 Å². The summed E-state index contributed by atoms with van der Waals surface area (Å²) in [6, 6.07) is 14.1. The molecule has 0 bridgehead atoms. The zero-order valence-corrected chi connectivity index (χ0v) is 20.2. The molecule has 4 N–H and O–H groups in total.